The lowest BCUT2D eigenvalue weighted by Crippen LogP contribution is -2.30. The van der Waals surface area contributed by atoms with E-state index in [0.717, 1.165) is 16.9 Å². The lowest BCUT2D eigenvalue weighted by atomic mass is 10.1. The van der Waals surface area contributed by atoms with Crippen LogP contribution in [0.15, 0.2) is 65.6 Å². The molecule has 2 heterocycles. The van der Waals surface area contributed by atoms with E-state index in [1.54, 1.807) is 0 Å². The molecule has 1 aliphatic rings. The molecule has 41 heavy (non-hydrogen) atoms. The molecule has 0 radical (unpaired) electrons. The van der Waals surface area contributed by atoms with E-state index in [2.05, 4.69) is 19.8 Å². The number of sulfone groups is 1. The first kappa shape index (κ1) is 28.3. The number of fused-ring (bicyclic) bond motifs is 2. The van der Waals surface area contributed by atoms with Crippen molar-refractivity contribution in [2.75, 3.05) is 12.9 Å². The van der Waals surface area contributed by atoms with Crippen molar-refractivity contribution in [3.63, 3.8) is 0 Å². The van der Waals surface area contributed by atoms with Crippen molar-refractivity contribution in [3.05, 3.63) is 83.2 Å². The van der Waals surface area contributed by atoms with Gasteiger partial charge in [-0.2, -0.15) is 13.2 Å². The smallest absolute Gasteiger partial charge is 0.395 e. The number of hydrogen-bond donors (Lipinski definition) is 2. The van der Waals surface area contributed by atoms with Crippen LogP contribution in [0, 0.1) is 0 Å². The van der Waals surface area contributed by atoms with E-state index < -0.39 is 59.0 Å². The molecule has 0 bridgehead atoms. The second kappa shape index (κ2) is 9.99. The molecule has 1 unspecified atom stereocenters. The fraction of sp³-hybridized carbons (Fsp3) is 0.231. The highest BCUT2D eigenvalue weighted by molar-refractivity contribution is 7.90. The number of aliphatic hydroxyl groups excluding tert-OH is 1. The van der Waals surface area contributed by atoms with Crippen molar-refractivity contribution in [1.29, 1.82) is 0 Å². The maximum Gasteiger partial charge on any atom is 0.586 e. The van der Waals surface area contributed by atoms with Crippen LogP contribution in [0.5, 0.6) is 11.5 Å². The first-order chi connectivity index (χ1) is 19.2. The number of ether oxygens (including phenoxy) is 2. The van der Waals surface area contributed by atoms with Gasteiger partial charge in [0.25, 0.3) is 5.91 Å². The Morgan fingerprint density at radius 2 is 1.80 bits per heavy atom. The van der Waals surface area contributed by atoms with E-state index in [1.807, 2.05) is 0 Å². The number of nitrogens with one attached hydrogen (secondary N) is 1. The van der Waals surface area contributed by atoms with Crippen LogP contribution in [-0.4, -0.2) is 48.1 Å². The van der Waals surface area contributed by atoms with Gasteiger partial charge in [0.2, 0.25) is 5.82 Å². The predicted molar refractivity (Wildman–Crippen MR) is 133 cm³/mol. The van der Waals surface area contributed by atoms with Crippen molar-refractivity contribution in [3.8, 4) is 11.5 Å². The highest BCUT2D eigenvalue weighted by Gasteiger charge is 2.45. The second-order valence-electron chi connectivity index (χ2n) is 9.18. The highest BCUT2D eigenvalue weighted by atomic mass is 32.2. The molecule has 216 valence electrons. The van der Waals surface area contributed by atoms with Gasteiger partial charge in [-0.15, -0.1) is 8.78 Å². The molecule has 2 N–H and O–H groups in total. The lowest BCUT2D eigenvalue weighted by Gasteiger charge is -2.17. The number of para-hydroxylation sites is 1. The van der Waals surface area contributed by atoms with Crippen molar-refractivity contribution >= 4 is 26.8 Å². The van der Waals surface area contributed by atoms with Gasteiger partial charge in [-0.3, -0.25) is 4.79 Å². The van der Waals surface area contributed by atoms with Crippen LogP contribution < -0.4 is 14.8 Å². The average molecular weight is 598 g/mol. The van der Waals surface area contributed by atoms with Crippen molar-refractivity contribution < 1.29 is 49.7 Å². The summed E-state index contributed by atoms with van der Waals surface area (Å²) >= 11 is 0. The number of amides is 1. The molecule has 1 amide bonds. The minimum atomic E-state index is -4.93. The third-order valence-corrected chi connectivity index (χ3v) is 7.43. The first-order valence-electron chi connectivity index (χ1n) is 11.8. The molecule has 4 aromatic rings. The van der Waals surface area contributed by atoms with E-state index in [1.165, 1.54) is 54.6 Å². The Balaban J connectivity index is 1.45. The molecule has 0 spiro atoms. The third-order valence-electron chi connectivity index (χ3n) is 6.30. The summed E-state index contributed by atoms with van der Waals surface area (Å²) in [5, 5.41) is 12.4. The molecule has 0 fully saturated rings. The normalized spacial score (nSPS) is 15.2. The number of alkyl halides is 5. The minimum Gasteiger partial charge on any atom is -0.395 e. The van der Waals surface area contributed by atoms with E-state index in [9.17, 15) is 40.3 Å². The Hall–Kier alpha value is -4.24. The Labute approximate surface area is 229 Å². The third kappa shape index (κ3) is 5.67. The summed E-state index contributed by atoms with van der Waals surface area (Å²) in [6, 6.07) is 12.0. The van der Waals surface area contributed by atoms with E-state index in [-0.39, 0.29) is 32.8 Å². The molecule has 3 aromatic carbocycles. The summed E-state index contributed by atoms with van der Waals surface area (Å²) in [7, 11) is -3.46. The highest BCUT2D eigenvalue weighted by Crippen LogP contribution is 2.44. The minimum absolute atomic E-state index is 0.0148. The van der Waals surface area contributed by atoms with E-state index >= 15 is 0 Å². The summed E-state index contributed by atoms with van der Waals surface area (Å²) in [5.74, 6) is -2.79. The Morgan fingerprint density at radius 3 is 2.44 bits per heavy atom. The number of rotatable bonds is 7. The molecule has 9 nitrogen and oxygen atoms in total. The van der Waals surface area contributed by atoms with Gasteiger partial charge < -0.3 is 24.5 Å². The number of hydrogen-bond acceptors (Lipinski definition) is 7. The van der Waals surface area contributed by atoms with Crippen LogP contribution in [-0.2, 0) is 22.6 Å². The lowest BCUT2D eigenvalue weighted by molar-refractivity contribution is -0.287. The Kier molecular flexibility index (Phi) is 6.90. The maximum atomic E-state index is 13.9. The topological polar surface area (TPSA) is 120 Å². The molecule has 5 rings (SSSR count). The van der Waals surface area contributed by atoms with Gasteiger partial charge in [0, 0.05) is 17.4 Å². The summed E-state index contributed by atoms with van der Waals surface area (Å²) in [6.07, 6.45) is -7.87. The zero-order valence-corrected chi connectivity index (χ0v) is 21.8. The van der Waals surface area contributed by atoms with Gasteiger partial charge in [-0.25, -0.2) is 13.4 Å². The van der Waals surface area contributed by atoms with Gasteiger partial charge >= 0.3 is 12.5 Å². The molecule has 0 saturated heterocycles. The summed E-state index contributed by atoms with van der Waals surface area (Å²) in [5.41, 5.74) is 0.0773. The fourth-order valence-corrected chi connectivity index (χ4v) is 5.02. The molecular weight excluding hydrogens is 577 g/mol. The standard InChI is InChI=1S/C26H20F5N3O6S/c1-41(37,38)17-8-5-14(6-9-17)19(13-35)32-23(36)15-7-10-20-18(11-15)33-24(25(27,28)29)34(20)12-16-3-2-4-21-22(16)40-26(30,31)39-21/h2-11,19,35H,12-13H2,1H3,(H,32,36). The van der Waals surface area contributed by atoms with Crippen LogP contribution in [0.4, 0.5) is 22.0 Å². The number of nitrogens with zero attached hydrogens (tertiary/aromatic N) is 2. The number of benzene rings is 3. The van der Waals surface area contributed by atoms with Crippen LogP contribution in [0.3, 0.4) is 0 Å². The van der Waals surface area contributed by atoms with Gasteiger partial charge in [0.05, 0.1) is 35.1 Å². The number of aromatic nitrogens is 2. The van der Waals surface area contributed by atoms with Crippen molar-refractivity contribution in [1.82, 2.24) is 14.9 Å². The van der Waals surface area contributed by atoms with E-state index in [4.69, 9.17) is 0 Å². The van der Waals surface area contributed by atoms with Crippen LogP contribution in [0.1, 0.15) is 33.4 Å². The molecule has 0 saturated carbocycles. The monoisotopic (exact) mass is 597 g/mol. The van der Waals surface area contributed by atoms with E-state index in [0.29, 0.717) is 5.56 Å². The van der Waals surface area contributed by atoms with Gasteiger partial charge in [-0.1, -0.05) is 24.3 Å². The second-order valence-corrected chi connectivity index (χ2v) is 11.2. The zero-order chi connectivity index (χ0) is 29.7. The van der Waals surface area contributed by atoms with Crippen LogP contribution in [0.25, 0.3) is 11.0 Å². The van der Waals surface area contributed by atoms with Gasteiger partial charge in [-0.05, 0) is 42.0 Å². The van der Waals surface area contributed by atoms with Crippen LogP contribution >= 0.6 is 0 Å². The predicted octanol–water partition coefficient (Wildman–Crippen LogP) is 4.29. The number of carbonyl (C=O) groups is 1. The Bertz CT molecular complexity index is 1750. The summed E-state index contributed by atoms with van der Waals surface area (Å²) < 4.78 is 102. The SMILES string of the molecule is CS(=O)(=O)c1ccc(C(CO)NC(=O)c2ccc3c(c2)nc(C(F)(F)F)n3Cc2cccc3c2OC(F)(F)O3)cc1. The summed E-state index contributed by atoms with van der Waals surface area (Å²) in [4.78, 5) is 16.7. The average Bonchev–Trinajstić information content (AvgIpc) is 3.43. The van der Waals surface area contributed by atoms with Gasteiger partial charge in [0.1, 0.15) is 0 Å². The molecule has 1 aromatic heterocycles. The first-order valence-corrected chi connectivity index (χ1v) is 13.7. The number of carbonyl (C=O) groups excluding carboxylic acids is 1. The molecule has 15 heteroatoms. The number of imidazole rings is 1. The molecule has 1 aliphatic heterocycles. The molecule has 0 aliphatic carbocycles. The largest absolute Gasteiger partial charge is 0.586 e. The molecule has 1 atom stereocenters. The van der Waals surface area contributed by atoms with Crippen molar-refractivity contribution in [2.45, 2.75) is 30.0 Å². The fourth-order valence-electron chi connectivity index (χ4n) is 4.39. The zero-order valence-electron chi connectivity index (χ0n) is 20.9. The Morgan fingerprint density at radius 1 is 1.10 bits per heavy atom. The maximum absolute atomic E-state index is 13.9. The molecular formula is C26H20F5N3O6S. The van der Waals surface area contributed by atoms with Crippen molar-refractivity contribution in [2.24, 2.45) is 0 Å². The number of aliphatic hydroxyl groups is 1. The number of halogens is 5. The summed E-state index contributed by atoms with van der Waals surface area (Å²) in [6.45, 7) is -1.10. The van der Waals surface area contributed by atoms with Crippen LogP contribution in [0.2, 0.25) is 0 Å². The quantitative estimate of drug-likeness (QED) is 0.305. The van der Waals surface area contributed by atoms with Gasteiger partial charge in [0.15, 0.2) is 21.3 Å².